The molecule has 1 aromatic carbocycles. The van der Waals surface area contributed by atoms with Crippen LogP contribution in [0.5, 0.6) is 5.75 Å². The fraction of sp³-hybridized carbons (Fsp3) is 0.143. The standard InChI is InChI=1S/C14H14N4O/c1-19-12-5-3-2-4-11(12)10-15-13-7-9-18-14(17-13)6-8-16-18/h2-9H,10H2,1H3,(H,15,17). The maximum absolute atomic E-state index is 5.32. The maximum Gasteiger partial charge on any atom is 0.157 e. The quantitative estimate of drug-likeness (QED) is 0.776. The first kappa shape index (κ1) is 11.5. The van der Waals surface area contributed by atoms with E-state index < -0.39 is 0 Å². The van der Waals surface area contributed by atoms with Crippen LogP contribution in [-0.4, -0.2) is 21.7 Å². The molecule has 0 aliphatic heterocycles. The van der Waals surface area contributed by atoms with Crippen LogP contribution in [0.3, 0.4) is 0 Å². The SMILES string of the molecule is COc1ccccc1CNc1ccn2nccc2n1. The van der Waals surface area contributed by atoms with Crippen molar-refractivity contribution in [2.24, 2.45) is 0 Å². The lowest BCUT2D eigenvalue weighted by atomic mass is 10.2. The third-order valence-corrected chi connectivity index (χ3v) is 2.91. The van der Waals surface area contributed by atoms with Gasteiger partial charge in [-0.2, -0.15) is 5.10 Å². The number of nitrogens with one attached hydrogen (secondary N) is 1. The summed E-state index contributed by atoms with van der Waals surface area (Å²) in [5, 5.41) is 7.40. The van der Waals surface area contributed by atoms with Gasteiger partial charge in [-0.3, -0.25) is 0 Å². The number of para-hydroxylation sites is 1. The highest BCUT2D eigenvalue weighted by atomic mass is 16.5. The lowest BCUT2D eigenvalue weighted by Crippen LogP contribution is -2.04. The Bertz CT molecular complexity index is 692. The number of methoxy groups -OCH3 is 1. The van der Waals surface area contributed by atoms with E-state index in [-0.39, 0.29) is 0 Å². The summed E-state index contributed by atoms with van der Waals surface area (Å²) < 4.78 is 7.05. The summed E-state index contributed by atoms with van der Waals surface area (Å²) in [6, 6.07) is 11.7. The van der Waals surface area contributed by atoms with Crippen molar-refractivity contribution in [3.05, 3.63) is 54.4 Å². The van der Waals surface area contributed by atoms with Gasteiger partial charge < -0.3 is 10.1 Å². The summed E-state index contributed by atoms with van der Waals surface area (Å²) in [7, 11) is 1.68. The number of nitrogens with zero attached hydrogens (tertiary/aromatic N) is 3. The molecule has 0 bridgehead atoms. The van der Waals surface area contributed by atoms with Gasteiger partial charge in [-0.1, -0.05) is 18.2 Å². The molecule has 0 spiro atoms. The zero-order chi connectivity index (χ0) is 13.1. The Morgan fingerprint density at radius 1 is 1.21 bits per heavy atom. The van der Waals surface area contributed by atoms with Crippen LogP contribution in [0.2, 0.25) is 0 Å². The number of anilines is 1. The largest absolute Gasteiger partial charge is 0.496 e. The van der Waals surface area contributed by atoms with Crippen LogP contribution in [0.1, 0.15) is 5.56 Å². The van der Waals surface area contributed by atoms with Gasteiger partial charge in [-0.25, -0.2) is 9.50 Å². The van der Waals surface area contributed by atoms with E-state index in [1.807, 2.05) is 42.6 Å². The molecule has 0 fully saturated rings. The second-order valence-electron chi connectivity index (χ2n) is 4.11. The van der Waals surface area contributed by atoms with Gasteiger partial charge >= 0.3 is 0 Å². The summed E-state index contributed by atoms with van der Waals surface area (Å²) in [5.41, 5.74) is 1.92. The molecule has 0 saturated heterocycles. The minimum Gasteiger partial charge on any atom is -0.496 e. The smallest absolute Gasteiger partial charge is 0.157 e. The minimum atomic E-state index is 0.668. The third-order valence-electron chi connectivity index (χ3n) is 2.91. The summed E-state index contributed by atoms with van der Waals surface area (Å²) >= 11 is 0. The van der Waals surface area contributed by atoms with Crippen molar-refractivity contribution in [2.45, 2.75) is 6.54 Å². The molecule has 0 radical (unpaired) electrons. The first-order valence-corrected chi connectivity index (χ1v) is 6.03. The van der Waals surface area contributed by atoms with Crippen molar-refractivity contribution >= 4 is 11.5 Å². The van der Waals surface area contributed by atoms with E-state index in [1.54, 1.807) is 17.8 Å². The number of hydrogen-bond acceptors (Lipinski definition) is 4. The van der Waals surface area contributed by atoms with Crippen molar-refractivity contribution in [2.75, 3.05) is 12.4 Å². The van der Waals surface area contributed by atoms with E-state index in [1.165, 1.54) is 0 Å². The molecule has 2 heterocycles. The molecule has 3 rings (SSSR count). The van der Waals surface area contributed by atoms with Gasteiger partial charge in [-0.15, -0.1) is 0 Å². The summed E-state index contributed by atoms with van der Waals surface area (Å²) in [6.45, 7) is 0.668. The molecule has 19 heavy (non-hydrogen) atoms. The van der Waals surface area contributed by atoms with Crippen LogP contribution in [0.15, 0.2) is 48.8 Å². The molecule has 5 nitrogen and oxygen atoms in total. The van der Waals surface area contributed by atoms with Crippen molar-refractivity contribution in [3.63, 3.8) is 0 Å². The van der Waals surface area contributed by atoms with E-state index >= 15 is 0 Å². The number of benzene rings is 1. The van der Waals surface area contributed by atoms with Crippen molar-refractivity contribution in [1.82, 2.24) is 14.6 Å². The number of fused-ring (bicyclic) bond motifs is 1. The highest BCUT2D eigenvalue weighted by Crippen LogP contribution is 2.18. The number of aromatic nitrogens is 3. The Morgan fingerprint density at radius 3 is 3.00 bits per heavy atom. The van der Waals surface area contributed by atoms with Gasteiger partial charge in [0.15, 0.2) is 5.65 Å². The topological polar surface area (TPSA) is 51.5 Å². The van der Waals surface area contributed by atoms with Crippen molar-refractivity contribution in [3.8, 4) is 5.75 Å². The molecule has 0 aliphatic carbocycles. The molecule has 5 heteroatoms. The Morgan fingerprint density at radius 2 is 2.11 bits per heavy atom. The molecule has 96 valence electrons. The van der Waals surface area contributed by atoms with Crippen molar-refractivity contribution in [1.29, 1.82) is 0 Å². The van der Waals surface area contributed by atoms with Crippen LogP contribution < -0.4 is 10.1 Å². The number of rotatable bonds is 4. The van der Waals surface area contributed by atoms with Gasteiger partial charge in [0.2, 0.25) is 0 Å². The summed E-state index contributed by atoms with van der Waals surface area (Å²) in [4.78, 5) is 4.45. The van der Waals surface area contributed by atoms with E-state index in [4.69, 9.17) is 4.74 Å². The van der Waals surface area contributed by atoms with Crippen LogP contribution in [0, 0.1) is 0 Å². The van der Waals surface area contributed by atoms with E-state index in [9.17, 15) is 0 Å². The van der Waals surface area contributed by atoms with E-state index in [0.717, 1.165) is 22.8 Å². The third kappa shape index (κ3) is 2.35. The van der Waals surface area contributed by atoms with Crippen LogP contribution in [-0.2, 0) is 6.54 Å². The predicted molar refractivity (Wildman–Crippen MR) is 73.3 cm³/mol. The van der Waals surface area contributed by atoms with Gasteiger partial charge in [0, 0.05) is 24.4 Å². The van der Waals surface area contributed by atoms with Crippen LogP contribution >= 0.6 is 0 Å². The summed E-state index contributed by atoms with van der Waals surface area (Å²) in [6.07, 6.45) is 3.61. The summed E-state index contributed by atoms with van der Waals surface area (Å²) in [5.74, 6) is 1.69. The van der Waals surface area contributed by atoms with Gasteiger partial charge in [0.05, 0.1) is 13.3 Å². The molecular weight excluding hydrogens is 240 g/mol. The highest BCUT2D eigenvalue weighted by Gasteiger charge is 2.02. The second-order valence-corrected chi connectivity index (χ2v) is 4.11. The minimum absolute atomic E-state index is 0.668. The molecule has 0 atom stereocenters. The monoisotopic (exact) mass is 254 g/mol. The Labute approximate surface area is 110 Å². The Kier molecular flexibility index (Phi) is 3.02. The van der Waals surface area contributed by atoms with Crippen LogP contribution in [0.25, 0.3) is 5.65 Å². The molecule has 0 aliphatic rings. The zero-order valence-electron chi connectivity index (χ0n) is 10.6. The fourth-order valence-corrected chi connectivity index (χ4v) is 1.95. The fourth-order valence-electron chi connectivity index (χ4n) is 1.95. The van der Waals surface area contributed by atoms with Crippen molar-refractivity contribution < 1.29 is 4.74 Å². The lowest BCUT2D eigenvalue weighted by molar-refractivity contribution is 0.410. The Hall–Kier alpha value is -2.56. The van der Waals surface area contributed by atoms with E-state index in [0.29, 0.717) is 6.54 Å². The zero-order valence-corrected chi connectivity index (χ0v) is 10.6. The Balaban J connectivity index is 1.78. The van der Waals surface area contributed by atoms with Gasteiger partial charge in [0.25, 0.3) is 0 Å². The molecule has 2 aromatic heterocycles. The molecule has 0 saturated carbocycles. The average molecular weight is 254 g/mol. The normalized spacial score (nSPS) is 10.6. The molecule has 0 unspecified atom stereocenters. The predicted octanol–water partition coefficient (Wildman–Crippen LogP) is 2.35. The van der Waals surface area contributed by atoms with Gasteiger partial charge in [-0.05, 0) is 12.1 Å². The van der Waals surface area contributed by atoms with Gasteiger partial charge in [0.1, 0.15) is 11.6 Å². The highest BCUT2D eigenvalue weighted by molar-refractivity contribution is 5.46. The first-order valence-electron chi connectivity index (χ1n) is 6.03. The lowest BCUT2D eigenvalue weighted by Gasteiger charge is -2.09. The molecule has 1 N–H and O–H groups in total. The molecular formula is C14H14N4O. The number of ether oxygens (including phenoxy) is 1. The molecule has 0 amide bonds. The maximum atomic E-state index is 5.32. The number of hydrogen-bond donors (Lipinski definition) is 1. The first-order chi connectivity index (χ1) is 9.36. The molecule has 3 aromatic rings. The second kappa shape index (κ2) is 4.97. The average Bonchev–Trinajstić information content (AvgIpc) is 2.93. The van der Waals surface area contributed by atoms with E-state index in [2.05, 4.69) is 15.4 Å². The van der Waals surface area contributed by atoms with Crippen LogP contribution in [0.4, 0.5) is 5.82 Å².